The molecule has 5 nitrogen and oxygen atoms in total. The molecule has 23 heavy (non-hydrogen) atoms. The number of nitrogens with one attached hydrogen (secondary N) is 2. The van der Waals surface area contributed by atoms with Crippen molar-refractivity contribution in [2.45, 2.75) is 25.7 Å². The Morgan fingerprint density at radius 2 is 2.26 bits per heavy atom. The van der Waals surface area contributed by atoms with E-state index in [2.05, 4.69) is 15.5 Å². The Morgan fingerprint density at radius 3 is 2.91 bits per heavy atom. The predicted octanol–water partition coefficient (Wildman–Crippen LogP) is 3.68. The van der Waals surface area contributed by atoms with Gasteiger partial charge in [0, 0.05) is 29.0 Å². The van der Waals surface area contributed by atoms with E-state index in [-0.39, 0.29) is 11.9 Å². The lowest BCUT2D eigenvalue weighted by Gasteiger charge is -2.26. The summed E-state index contributed by atoms with van der Waals surface area (Å²) in [5.41, 5.74) is 11.8. The lowest BCUT2D eigenvalue weighted by atomic mass is 9.83. The van der Waals surface area contributed by atoms with Crippen LogP contribution in [0.3, 0.4) is 0 Å². The molecular weight excluding hydrogens is 353 g/mol. The smallest absolute Gasteiger partial charge is 0.206 e. The summed E-state index contributed by atoms with van der Waals surface area (Å²) in [4.78, 5) is 5.55. The van der Waals surface area contributed by atoms with E-state index in [1.54, 1.807) is 12.3 Å². The van der Waals surface area contributed by atoms with Crippen LogP contribution < -0.4 is 11.2 Å². The number of rotatable bonds is 2. The van der Waals surface area contributed by atoms with E-state index in [9.17, 15) is 0 Å². The van der Waals surface area contributed by atoms with Crippen LogP contribution >= 0.6 is 34.5 Å². The van der Waals surface area contributed by atoms with E-state index in [1.165, 1.54) is 11.3 Å². The predicted molar refractivity (Wildman–Crippen MR) is 96.0 cm³/mol. The Balaban J connectivity index is 2.04. The molecule has 0 saturated heterocycles. The van der Waals surface area contributed by atoms with Crippen LogP contribution in [0, 0.1) is 12.3 Å². The molecule has 1 aliphatic carbocycles. The molecule has 2 aromatic heterocycles. The van der Waals surface area contributed by atoms with E-state index in [1.807, 2.05) is 13.0 Å². The van der Waals surface area contributed by atoms with Crippen molar-refractivity contribution in [3.05, 3.63) is 49.4 Å². The molecule has 0 spiro atoms. The zero-order valence-corrected chi connectivity index (χ0v) is 14.7. The maximum Gasteiger partial charge on any atom is 0.206 e. The van der Waals surface area contributed by atoms with E-state index in [0.717, 1.165) is 33.8 Å². The van der Waals surface area contributed by atoms with Crippen molar-refractivity contribution in [3.8, 4) is 0 Å². The number of thiophene rings is 1. The average Bonchev–Trinajstić information content (AvgIpc) is 2.83. The molecule has 0 bridgehead atoms. The molecule has 1 atom stereocenters. The van der Waals surface area contributed by atoms with Crippen molar-refractivity contribution in [2.24, 2.45) is 10.8 Å². The summed E-state index contributed by atoms with van der Waals surface area (Å²) in [6.07, 6.45) is 3.28. The molecule has 2 heterocycles. The first-order chi connectivity index (χ1) is 11.0. The third-order valence-electron chi connectivity index (χ3n) is 3.77. The molecule has 4 N–H and O–H groups in total. The number of nitrogens with zero attached hydrogens (tertiary/aromatic N) is 2. The number of hydrogen-bond donors (Lipinski definition) is 3. The van der Waals surface area contributed by atoms with Gasteiger partial charge in [0.15, 0.2) is 0 Å². The van der Waals surface area contributed by atoms with Crippen molar-refractivity contribution < 1.29 is 0 Å². The number of hydrazone groups is 1. The van der Waals surface area contributed by atoms with Crippen LogP contribution in [-0.4, -0.2) is 16.7 Å². The number of halogens is 2. The minimum Gasteiger partial charge on any atom is -0.369 e. The monoisotopic (exact) mass is 367 g/mol. The normalized spacial score (nSPS) is 18.7. The van der Waals surface area contributed by atoms with Gasteiger partial charge in [-0.2, -0.15) is 5.10 Å². The van der Waals surface area contributed by atoms with Gasteiger partial charge in [-0.25, -0.2) is 5.43 Å². The summed E-state index contributed by atoms with van der Waals surface area (Å²) in [6, 6.07) is 3.73. The molecule has 0 radical (unpaired) electrons. The lowest BCUT2D eigenvalue weighted by Crippen LogP contribution is -2.29. The maximum atomic E-state index is 7.31. The lowest BCUT2D eigenvalue weighted by molar-refractivity contribution is 0.687. The van der Waals surface area contributed by atoms with E-state index in [0.29, 0.717) is 15.8 Å². The number of nitrogens with two attached hydrogens (primary N) is 1. The van der Waals surface area contributed by atoms with Gasteiger partial charge in [-0.3, -0.25) is 10.4 Å². The Bertz CT molecular complexity index is 799. The molecule has 2 aromatic rings. The van der Waals surface area contributed by atoms with Crippen LogP contribution in [0.4, 0.5) is 0 Å². The number of hydrogen-bond acceptors (Lipinski definition) is 4. The summed E-state index contributed by atoms with van der Waals surface area (Å²) < 4.78 is 0.674. The maximum absolute atomic E-state index is 7.31. The largest absolute Gasteiger partial charge is 0.369 e. The first-order valence-corrected chi connectivity index (χ1v) is 8.59. The van der Waals surface area contributed by atoms with Gasteiger partial charge in [0.25, 0.3) is 0 Å². The second kappa shape index (κ2) is 6.47. The van der Waals surface area contributed by atoms with Crippen LogP contribution in [0.15, 0.2) is 23.4 Å². The van der Waals surface area contributed by atoms with Crippen LogP contribution in [0.25, 0.3) is 0 Å². The van der Waals surface area contributed by atoms with Crippen molar-refractivity contribution in [3.63, 3.8) is 0 Å². The van der Waals surface area contributed by atoms with E-state index >= 15 is 0 Å². The van der Waals surface area contributed by atoms with Gasteiger partial charge in [0.05, 0.1) is 20.8 Å². The molecule has 0 saturated carbocycles. The van der Waals surface area contributed by atoms with E-state index < -0.39 is 0 Å². The zero-order valence-electron chi connectivity index (χ0n) is 12.4. The highest BCUT2D eigenvalue weighted by atomic mass is 35.5. The van der Waals surface area contributed by atoms with Gasteiger partial charge in [-0.1, -0.05) is 23.2 Å². The fourth-order valence-corrected chi connectivity index (χ4v) is 4.59. The summed E-state index contributed by atoms with van der Waals surface area (Å²) in [7, 11) is 0. The molecule has 1 unspecified atom stereocenters. The first-order valence-electron chi connectivity index (χ1n) is 7.02. The first kappa shape index (κ1) is 16.2. The molecule has 0 amide bonds. The van der Waals surface area contributed by atoms with E-state index in [4.69, 9.17) is 34.3 Å². The Hall–Kier alpha value is -1.63. The second-order valence-corrected chi connectivity index (χ2v) is 7.52. The minimum absolute atomic E-state index is 0.161. The fourth-order valence-electron chi connectivity index (χ4n) is 2.85. The summed E-state index contributed by atoms with van der Waals surface area (Å²) in [5, 5.41) is 12.3. The van der Waals surface area contributed by atoms with Crippen LogP contribution in [-0.2, 0) is 6.42 Å². The van der Waals surface area contributed by atoms with Crippen molar-refractivity contribution >= 4 is 46.2 Å². The number of guanidine groups is 1. The highest BCUT2D eigenvalue weighted by Gasteiger charge is 2.29. The highest BCUT2D eigenvalue weighted by Crippen LogP contribution is 2.42. The van der Waals surface area contributed by atoms with Gasteiger partial charge < -0.3 is 5.73 Å². The van der Waals surface area contributed by atoms with Crippen LogP contribution in [0.2, 0.25) is 9.36 Å². The molecule has 8 heteroatoms. The van der Waals surface area contributed by atoms with Gasteiger partial charge in [-0.15, -0.1) is 11.3 Å². The molecule has 0 fully saturated rings. The van der Waals surface area contributed by atoms with Crippen LogP contribution in [0.5, 0.6) is 0 Å². The summed E-state index contributed by atoms with van der Waals surface area (Å²) in [6.45, 7) is 2.03. The van der Waals surface area contributed by atoms with Crippen molar-refractivity contribution in [1.29, 1.82) is 5.41 Å². The van der Waals surface area contributed by atoms with Gasteiger partial charge >= 0.3 is 0 Å². The average molecular weight is 368 g/mol. The summed E-state index contributed by atoms with van der Waals surface area (Å²) in [5.74, 6) is -0.0331. The minimum atomic E-state index is -0.195. The number of pyridine rings is 1. The van der Waals surface area contributed by atoms with Gasteiger partial charge in [0.1, 0.15) is 0 Å². The third-order valence-corrected chi connectivity index (χ3v) is 5.62. The zero-order chi connectivity index (χ0) is 16.6. The van der Waals surface area contributed by atoms with Crippen molar-refractivity contribution in [1.82, 2.24) is 10.4 Å². The number of aromatic nitrogens is 1. The SMILES string of the molecule is Cc1ccnc2c1C(=NNC(=N)N)CC(c1sc(Cl)cc1Cl)C2. The quantitative estimate of drug-likeness (QED) is 0.429. The molecule has 3 rings (SSSR count). The topological polar surface area (TPSA) is 87.2 Å². The molecular formula is C15H15Cl2N5S. The highest BCUT2D eigenvalue weighted by molar-refractivity contribution is 7.16. The summed E-state index contributed by atoms with van der Waals surface area (Å²) >= 11 is 13.9. The second-order valence-electron chi connectivity index (χ2n) is 5.40. The molecule has 0 aliphatic heterocycles. The number of fused-ring (bicyclic) bond motifs is 1. The molecule has 0 aromatic carbocycles. The Kier molecular flexibility index (Phi) is 4.57. The fraction of sp³-hybridized carbons (Fsp3) is 0.267. The van der Waals surface area contributed by atoms with Crippen LogP contribution in [0.1, 0.15) is 34.0 Å². The van der Waals surface area contributed by atoms with Gasteiger partial charge in [-0.05, 0) is 31.0 Å². The van der Waals surface area contributed by atoms with Crippen molar-refractivity contribution in [2.75, 3.05) is 0 Å². The third kappa shape index (κ3) is 3.34. The Labute approximate surface area is 148 Å². The Morgan fingerprint density at radius 1 is 1.48 bits per heavy atom. The molecule has 1 aliphatic rings. The standard InChI is InChI=1S/C15H15Cl2N5S/c1-7-2-3-20-10-4-8(14-9(16)6-12(17)23-14)5-11(13(7)10)21-22-15(18)19/h2-3,6,8H,4-5H2,1H3,(H4,18,19,22). The van der Waals surface area contributed by atoms with Gasteiger partial charge in [0.2, 0.25) is 5.96 Å². The number of aryl methyl sites for hydroxylation is 1. The molecule has 120 valence electrons.